The van der Waals surface area contributed by atoms with E-state index >= 15 is 0 Å². The van der Waals surface area contributed by atoms with Crippen molar-refractivity contribution in [3.8, 4) is 23.4 Å². The third-order valence-electron chi connectivity index (χ3n) is 2.51. The van der Waals surface area contributed by atoms with Crippen molar-refractivity contribution >= 4 is 17.5 Å². The van der Waals surface area contributed by atoms with Gasteiger partial charge in [-0.3, -0.25) is 0 Å². The Morgan fingerprint density at radius 1 is 1.00 bits per heavy atom. The SMILES string of the molecule is N#Cc1cc(-c2nc(N)nc(N)c2C#N)ccc1N. The summed E-state index contributed by atoms with van der Waals surface area (Å²) in [6.45, 7) is 0. The highest BCUT2D eigenvalue weighted by molar-refractivity contribution is 5.75. The minimum Gasteiger partial charge on any atom is -0.398 e. The van der Waals surface area contributed by atoms with Crippen molar-refractivity contribution in [1.82, 2.24) is 9.97 Å². The molecule has 2 rings (SSSR count). The van der Waals surface area contributed by atoms with Crippen molar-refractivity contribution < 1.29 is 0 Å². The zero-order chi connectivity index (χ0) is 14.0. The molecule has 0 atom stereocenters. The fourth-order valence-corrected chi connectivity index (χ4v) is 1.62. The number of hydrogen-bond acceptors (Lipinski definition) is 7. The van der Waals surface area contributed by atoms with Crippen LogP contribution in [0.25, 0.3) is 11.3 Å². The lowest BCUT2D eigenvalue weighted by Gasteiger charge is -2.07. The number of aromatic nitrogens is 2. The molecule has 0 saturated carbocycles. The standard InChI is InChI=1S/C12H9N7/c13-4-7-3-6(1-2-9(7)15)10-8(5-14)11(16)19-12(17)18-10/h1-3H,15H2,(H4,16,17,18,19). The molecule has 1 aromatic carbocycles. The van der Waals surface area contributed by atoms with Gasteiger partial charge in [0.1, 0.15) is 23.5 Å². The van der Waals surface area contributed by atoms with Gasteiger partial charge in [-0.05, 0) is 12.1 Å². The molecule has 7 nitrogen and oxygen atoms in total. The van der Waals surface area contributed by atoms with Crippen LogP contribution in [0, 0.1) is 22.7 Å². The van der Waals surface area contributed by atoms with E-state index in [1.807, 2.05) is 12.1 Å². The minimum atomic E-state index is -0.0400. The molecule has 19 heavy (non-hydrogen) atoms. The molecule has 0 fully saturated rings. The van der Waals surface area contributed by atoms with Gasteiger partial charge >= 0.3 is 0 Å². The van der Waals surface area contributed by atoms with Crippen LogP contribution in [0.15, 0.2) is 18.2 Å². The van der Waals surface area contributed by atoms with Crippen LogP contribution in [0.5, 0.6) is 0 Å². The summed E-state index contributed by atoms with van der Waals surface area (Å²) in [4.78, 5) is 7.72. The van der Waals surface area contributed by atoms with Crippen molar-refractivity contribution in [1.29, 1.82) is 10.5 Å². The average molecular weight is 251 g/mol. The molecule has 0 unspecified atom stereocenters. The van der Waals surface area contributed by atoms with Crippen LogP contribution in [-0.2, 0) is 0 Å². The second kappa shape index (κ2) is 4.51. The van der Waals surface area contributed by atoms with Crippen LogP contribution in [0.4, 0.5) is 17.5 Å². The third kappa shape index (κ3) is 2.08. The molecule has 1 heterocycles. The van der Waals surface area contributed by atoms with Crippen LogP contribution in [0.3, 0.4) is 0 Å². The molecule has 7 heteroatoms. The number of rotatable bonds is 1. The maximum absolute atomic E-state index is 9.09. The zero-order valence-corrected chi connectivity index (χ0v) is 9.75. The van der Waals surface area contributed by atoms with Crippen LogP contribution < -0.4 is 17.2 Å². The molecule has 0 aliphatic heterocycles. The van der Waals surface area contributed by atoms with Crippen LogP contribution in [0.2, 0.25) is 0 Å². The molecule has 6 N–H and O–H groups in total. The lowest BCUT2D eigenvalue weighted by atomic mass is 10.0. The van der Waals surface area contributed by atoms with E-state index in [-0.39, 0.29) is 28.6 Å². The number of hydrogen-bond donors (Lipinski definition) is 3. The number of anilines is 3. The molecule has 0 saturated heterocycles. The van der Waals surface area contributed by atoms with Crippen molar-refractivity contribution in [2.45, 2.75) is 0 Å². The molecule has 0 amide bonds. The Hall–Kier alpha value is -3.32. The van der Waals surface area contributed by atoms with Gasteiger partial charge in [0.25, 0.3) is 0 Å². The second-order valence-corrected chi connectivity index (χ2v) is 3.72. The number of benzene rings is 1. The maximum atomic E-state index is 9.09. The predicted molar refractivity (Wildman–Crippen MR) is 70.1 cm³/mol. The van der Waals surface area contributed by atoms with E-state index in [9.17, 15) is 0 Å². The van der Waals surface area contributed by atoms with Gasteiger partial charge in [0.2, 0.25) is 5.95 Å². The van der Waals surface area contributed by atoms with Gasteiger partial charge in [0.05, 0.1) is 11.3 Å². The first-order valence-electron chi connectivity index (χ1n) is 5.20. The number of nitrogens with zero attached hydrogens (tertiary/aromatic N) is 4. The first kappa shape index (κ1) is 12.1. The quantitative estimate of drug-likeness (QED) is 0.628. The van der Waals surface area contributed by atoms with Crippen LogP contribution in [0.1, 0.15) is 11.1 Å². The highest BCUT2D eigenvalue weighted by Gasteiger charge is 2.14. The fraction of sp³-hybridized carbons (Fsp3) is 0. The smallest absolute Gasteiger partial charge is 0.222 e. The summed E-state index contributed by atoms with van der Waals surface area (Å²) in [5.41, 5.74) is 18.3. The van der Waals surface area contributed by atoms with E-state index in [1.165, 1.54) is 6.07 Å². The normalized spacial score (nSPS) is 9.58. The largest absolute Gasteiger partial charge is 0.398 e. The zero-order valence-electron chi connectivity index (χ0n) is 9.75. The topological polar surface area (TPSA) is 151 Å². The minimum absolute atomic E-state index is 0.000308. The van der Waals surface area contributed by atoms with Crippen molar-refractivity contribution in [3.05, 3.63) is 29.3 Å². The van der Waals surface area contributed by atoms with Gasteiger partial charge in [-0.2, -0.15) is 15.5 Å². The highest BCUT2D eigenvalue weighted by Crippen LogP contribution is 2.27. The molecule has 0 aliphatic carbocycles. The third-order valence-corrected chi connectivity index (χ3v) is 2.51. The van der Waals surface area contributed by atoms with Gasteiger partial charge in [0, 0.05) is 11.3 Å². The van der Waals surface area contributed by atoms with Crippen LogP contribution >= 0.6 is 0 Å². The molecule has 2 aromatic rings. The Balaban J connectivity index is 2.73. The Kier molecular flexibility index (Phi) is 2.88. The Bertz CT molecular complexity index is 737. The van der Waals surface area contributed by atoms with Gasteiger partial charge < -0.3 is 17.2 Å². The summed E-state index contributed by atoms with van der Waals surface area (Å²) in [6, 6.07) is 8.60. The van der Waals surface area contributed by atoms with E-state index in [0.717, 1.165) is 0 Å². The first-order valence-corrected chi connectivity index (χ1v) is 5.20. The summed E-state index contributed by atoms with van der Waals surface area (Å²) < 4.78 is 0. The van der Waals surface area contributed by atoms with E-state index in [0.29, 0.717) is 11.3 Å². The van der Waals surface area contributed by atoms with Crippen molar-refractivity contribution in [2.75, 3.05) is 17.2 Å². The number of nitriles is 2. The summed E-state index contributed by atoms with van der Waals surface area (Å²) in [5, 5.41) is 18.0. The number of nitrogen functional groups attached to an aromatic ring is 3. The fourth-order valence-electron chi connectivity index (χ4n) is 1.62. The molecule has 0 spiro atoms. The van der Waals surface area contributed by atoms with Crippen molar-refractivity contribution in [2.24, 2.45) is 0 Å². The molecule has 0 radical (unpaired) electrons. The molecule has 0 aliphatic rings. The van der Waals surface area contributed by atoms with Gasteiger partial charge in [0.15, 0.2) is 0 Å². The van der Waals surface area contributed by atoms with Gasteiger partial charge in [-0.1, -0.05) is 6.07 Å². The average Bonchev–Trinajstić information content (AvgIpc) is 2.38. The monoisotopic (exact) mass is 251 g/mol. The van der Waals surface area contributed by atoms with Crippen LogP contribution in [-0.4, -0.2) is 9.97 Å². The summed E-state index contributed by atoms with van der Waals surface area (Å²) in [6.07, 6.45) is 0. The number of nitrogens with two attached hydrogens (primary N) is 3. The van der Waals surface area contributed by atoms with E-state index in [4.69, 9.17) is 27.7 Å². The lowest BCUT2D eigenvalue weighted by Crippen LogP contribution is -2.05. The van der Waals surface area contributed by atoms with Crippen molar-refractivity contribution in [3.63, 3.8) is 0 Å². The van der Waals surface area contributed by atoms with E-state index in [2.05, 4.69) is 9.97 Å². The van der Waals surface area contributed by atoms with Gasteiger partial charge in [-0.25, -0.2) is 4.98 Å². The molecule has 1 aromatic heterocycles. The Labute approximate surface area is 108 Å². The predicted octanol–water partition coefficient (Wildman–Crippen LogP) is 0.634. The van der Waals surface area contributed by atoms with E-state index < -0.39 is 0 Å². The Morgan fingerprint density at radius 2 is 1.74 bits per heavy atom. The lowest BCUT2D eigenvalue weighted by molar-refractivity contribution is 1.18. The molecule has 92 valence electrons. The second-order valence-electron chi connectivity index (χ2n) is 3.72. The summed E-state index contributed by atoms with van der Waals surface area (Å²) in [7, 11) is 0. The van der Waals surface area contributed by atoms with Gasteiger partial charge in [-0.15, -0.1) is 0 Å². The molecular formula is C12H9N7. The molecular weight excluding hydrogens is 242 g/mol. The first-order chi connectivity index (χ1) is 9.06. The van der Waals surface area contributed by atoms with E-state index in [1.54, 1.807) is 12.1 Å². The Morgan fingerprint density at radius 3 is 2.37 bits per heavy atom. The maximum Gasteiger partial charge on any atom is 0.222 e. The highest BCUT2D eigenvalue weighted by atomic mass is 15.0. The summed E-state index contributed by atoms with van der Waals surface area (Å²) in [5.74, 6) is -0.0397. The summed E-state index contributed by atoms with van der Waals surface area (Å²) >= 11 is 0. The molecule has 0 bridgehead atoms.